The highest BCUT2D eigenvalue weighted by atomic mass is 32.2. The summed E-state index contributed by atoms with van der Waals surface area (Å²) in [5.74, 6) is 0.563. The average molecular weight is 387 g/mol. The van der Waals surface area contributed by atoms with Crippen LogP contribution in [-0.2, 0) is 17.1 Å². The van der Waals surface area contributed by atoms with Crippen LogP contribution in [0.1, 0.15) is 5.56 Å². The first kappa shape index (κ1) is 18.9. The Morgan fingerprint density at radius 2 is 1.85 bits per heavy atom. The lowest BCUT2D eigenvalue weighted by Crippen LogP contribution is -2.37. The van der Waals surface area contributed by atoms with Crippen LogP contribution in [0.4, 0.5) is 4.39 Å². The summed E-state index contributed by atoms with van der Waals surface area (Å²) < 4.78 is 14.8. The van der Waals surface area contributed by atoms with Gasteiger partial charge in [-0.1, -0.05) is 30.3 Å². The monoisotopic (exact) mass is 387 g/mol. The van der Waals surface area contributed by atoms with Gasteiger partial charge in [-0.05, 0) is 23.8 Å². The predicted octanol–water partition coefficient (Wildman–Crippen LogP) is 1.88. The number of para-hydroxylation sites is 1. The molecule has 0 aliphatic rings. The van der Waals surface area contributed by atoms with Gasteiger partial charge in [0.2, 0.25) is 5.91 Å². The van der Waals surface area contributed by atoms with Crippen molar-refractivity contribution >= 4 is 28.6 Å². The molecule has 0 aliphatic carbocycles. The Balaban J connectivity index is 1.54. The molecule has 27 heavy (non-hydrogen) atoms. The van der Waals surface area contributed by atoms with E-state index in [0.29, 0.717) is 34.5 Å². The van der Waals surface area contributed by atoms with Crippen molar-refractivity contribution in [2.45, 2.75) is 12.3 Å². The molecule has 0 unspecified atom stereocenters. The normalized spacial score (nSPS) is 10.9. The average Bonchev–Trinajstić information content (AvgIpc) is 2.66. The maximum Gasteiger partial charge on any atom is 0.329 e. The number of aromatic nitrogens is 2. The summed E-state index contributed by atoms with van der Waals surface area (Å²) in [5, 5.41) is 3.09. The summed E-state index contributed by atoms with van der Waals surface area (Å²) in [6.07, 6.45) is 0. The second-order valence-corrected chi connectivity index (χ2v) is 6.96. The molecule has 0 bridgehead atoms. The number of H-pyrrole nitrogens is 1. The van der Waals surface area contributed by atoms with Crippen LogP contribution in [0, 0.1) is 5.82 Å². The molecule has 0 atom stereocenters. The van der Waals surface area contributed by atoms with Crippen molar-refractivity contribution in [2.24, 2.45) is 0 Å². The second-order valence-electron chi connectivity index (χ2n) is 5.86. The minimum Gasteiger partial charge on any atom is -0.354 e. The van der Waals surface area contributed by atoms with Crippen molar-refractivity contribution in [3.63, 3.8) is 0 Å². The van der Waals surface area contributed by atoms with Crippen molar-refractivity contribution in [1.82, 2.24) is 14.9 Å². The maximum atomic E-state index is 13.5. The summed E-state index contributed by atoms with van der Waals surface area (Å²) >= 11 is 1.51. The van der Waals surface area contributed by atoms with Crippen LogP contribution in [0.2, 0.25) is 0 Å². The second kappa shape index (κ2) is 8.68. The number of hydrogen-bond acceptors (Lipinski definition) is 4. The zero-order chi connectivity index (χ0) is 19.2. The SMILES string of the molecule is O=C(Cn1c(=O)[nH]c(=O)c2ccccc21)NCCSCc1ccccc1F. The van der Waals surface area contributed by atoms with E-state index in [9.17, 15) is 18.8 Å². The Labute approximate surface area is 158 Å². The minimum absolute atomic E-state index is 0.186. The number of fused-ring (bicyclic) bond motifs is 1. The smallest absolute Gasteiger partial charge is 0.329 e. The number of aromatic amines is 1. The molecule has 2 aromatic carbocycles. The molecule has 6 nitrogen and oxygen atoms in total. The Bertz CT molecular complexity index is 1080. The van der Waals surface area contributed by atoms with Gasteiger partial charge in [0.25, 0.3) is 5.56 Å². The molecular weight excluding hydrogens is 369 g/mol. The zero-order valence-electron chi connectivity index (χ0n) is 14.4. The predicted molar refractivity (Wildman–Crippen MR) is 104 cm³/mol. The third-order valence-corrected chi connectivity index (χ3v) is 5.00. The quantitative estimate of drug-likeness (QED) is 0.607. The molecule has 3 rings (SSSR count). The molecule has 8 heteroatoms. The summed E-state index contributed by atoms with van der Waals surface area (Å²) in [4.78, 5) is 38.2. The lowest BCUT2D eigenvalue weighted by Gasteiger charge is -2.10. The van der Waals surface area contributed by atoms with Gasteiger partial charge in [-0.15, -0.1) is 0 Å². The van der Waals surface area contributed by atoms with Gasteiger partial charge in [-0.3, -0.25) is 19.1 Å². The Hall–Kier alpha value is -2.87. The molecule has 0 saturated carbocycles. The number of carbonyl (C=O) groups excluding carboxylic acids is 1. The highest BCUT2D eigenvalue weighted by Crippen LogP contribution is 2.14. The van der Waals surface area contributed by atoms with Crippen LogP contribution < -0.4 is 16.6 Å². The van der Waals surface area contributed by atoms with E-state index in [0.717, 1.165) is 0 Å². The van der Waals surface area contributed by atoms with E-state index in [1.807, 2.05) is 0 Å². The van der Waals surface area contributed by atoms with E-state index >= 15 is 0 Å². The number of nitrogens with one attached hydrogen (secondary N) is 2. The molecule has 0 fully saturated rings. The summed E-state index contributed by atoms with van der Waals surface area (Å²) in [6.45, 7) is 0.210. The van der Waals surface area contributed by atoms with Crippen LogP contribution in [0.25, 0.3) is 10.9 Å². The van der Waals surface area contributed by atoms with Gasteiger partial charge in [0.05, 0.1) is 10.9 Å². The number of amides is 1. The lowest BCUT2D eigenvalue weighted by molar-refractivity contribution is -0.121. The fraction of sp³-hybridized carbons (Fsp3) is 0.211. The summed E-state index contributed by atoms with van der Waals surface area (Å²) in [7, 11) is 0. The van der Waals surface area contributed by atoms with Crippen molar-refractivity contribution in [3.8, 4) is 0 Å². The van der Waals surface area contributed by atoms with Gasteiger partial charge in [0.1, 0.15) is 12.4 Å². The summed E-state index contributed by atoms with van der Waals surface area (Å²) in [6, 6.07) is 13.2. The molecule has 1 heterocycles. The molecular formula is C19H18FN3O3S. The van der Waals surface area contributed by atoms with E-state index in [1.165, 1.54) is 22.4 Å². The first-order valence-corrected chi connectivity index (χ1v) is 9.51. The molecule has 0 radical (unpaired) electrons. The zero-order valence-corrected chi connectivity index (χ0v) is 15.2. The number of halogens is 1. The molecule has 2 N–H and O–H groups in total. The Kier molecular flexibility index (Phi) is 6.08. The number of thioether (sulfide) groups is 1. The first-order chi connectivity index (χ1) is 13.1. The molecule has 3 aromatic rings. The topological polar surface area (TPSA) is 84.0 Å². The molecule has 0 aliphatic heterocycles. The standard InChI is InChI=1S/C19H18FN3O3S/c20-15-7-3-1-5-13(15)12-27-10-9-21-17(24)11-23-16-8-4-2-6-14(16)18(25)22-19(23)26/h1-8H,9-12H2,(H,21,24)(H,22,25,26). The highest BCUT2D eigenvalue weighted by molar-refractivity contribution is 7.98. The Morgan fingerprint density at radius 1 is 1.11 bits per heavy atom. The van der Waals surface area contributed by atoms with Gasteiger partial charge in [0.15, 0.2) is 0 Å². The number of rotatable bonds is 7. The minimum atomic E-state index is -0.622. The van der Waals surface area contributed by atoms with Crippen LogP contribution in [0.15, 0.2) is 58.1 Å². The third-order valence-electron chi connectivity index (χ3n) is 3.99. The van der Waals surface area contributed by atoms with E-state index in [2.05, 4.69) is 10.3 Å². The van der Waals surface area contributed by atoms with Crippen molar-refractivity contribution < 1.29 is 9.18 Å². The fourth-order valence-corrected chi connectivity index (χ4v) is 3.50. The van der Waals surface area contributed by atoms with Crippen molar-refractivity contribution in [2.75, 3.05) is 12.3 Å². The van der Waals surface area contributed by atoms with E-state index in [-0.39, 0.29) is 18.3 Å². The van der Waals surface area contributed by atoms with Gasteiger partial charge in [-0.25, -0.2) is 9.18 Å². The lowest BCUT2D eigenvalue weighted by atomic mass is 10.2. The number of benzene rings is 2. The van der Waals surface area contributed by atoms with Crippen LogP contribution in [0.5, 0.6) is 0 Å². The highest BCUT2D eigenvalue weighted by Gasteiger charge is 2.10. The molecule has 1 aromatic heterocycles. The van der Waals surface area contributed by atoms with Crippen molar-refractivity contribution in [3.05, 3.63) is 80.7 Å². The van der Waals surface area contributed by atoms with Gasteiger partial charge >= 0.3 is 5.69 Å². The molecule has 140 valence electrons. The van der Waals surface area contributed by atoms with Crippen LogP contribution in [-0.4, -0.2) is 27.8 Å². The van der Waals surface area contributed by atoms with Crippen molar-refractivity contribution in [1.29, 1.82) is 0 Å². The molecule has 0 saturated heterocycles. The van der Waals surface area contributed by atoms with Crippen LogP contribution in [0.3, 0.4) is 0 Å². The maximum absolute atomic E-state index is 13.5. The number of hydrogen-bond donors (Lipinski definition) is 2. The largest absolute Gasteiger partial charge is 0.354 e. The number of nitrogens with zero attached hydrogens (tertiary/aromatic N) is 1. The summed E-state index contributed by atoms with van der Waals surface area (Å²) in [5.41, 5.74) is -0.0602. The first-order valence-electron chi connectivity index (χ1n) is 8.36. The van der Waals surface area contributed by atoms with E-state index < -0.39 is 11.2 Å². The van der Waals surface area contributed by atoms with Crippen LogP contribution >= 0.6 is 11.8 Å². The van der Waals surface area contributed by atoms with E-state index in [4.69, 9.17) is 0 Å². The van der Waals surface area contributed by atoms with E-state index in [1.54, 1.807) is 42.5 Å². The molecule has 0 spiro atoms. The third kappa shape index (κ3) is 4.65. The fourth-order valence-electron chi connectivity index (χ4n) is 2.66. The number of carbonyl (C=O) groups is 1. The molecule has 1 amide bonds. The Morgan fingerprint density at radius 3 is 2.67 bits per heavy atom. The van der Waals surface area contributed by atoms with Gasteiger partial charge in [-0.2, -0.15) is 11.8 Å². The van der Waals surface area contributed by atoms with Gasteiger partial charge in [0, 0.05) is 18.1 Å². The van der Waals surface area contributed by atoms with Gasteiger partial charge < -0.3 is 5.32 Å².